The van der Waals surface area contributed by atoms with Crippen LogP contribution in [0.5, 0.6) is 0 Å². The molecule has 1 unspecified atom stereocenters. The molecule has 1 saturated carbocycles. The van der Waals surface area contributed by atoms with Gasteiger partial charge < -0.3 is 10.6 Å². The number of piperidine rings is 2. The van der Waals surface area contributed by atoms with Gasteiger partial charge in [0.15, 0.2) is 0 Å². The molecule has 3 N–H and O–H groups in total. The van der Waals surface area contributed by atoms with E-state index < -0.39 is 11.9 Å². The van der Waals surface area contributed by atoms with Crippen molar-refractivity contribution in [2.45, 2.75) is 44.6 Å². The van der Waals surface area contributed by atoms with Gasteiger partial charge >= 0.3 is 5.69 Å². The van der Waals surface area contributed by atoms with E-state index in [0.717, 1.165) is 36.4 Å². The number of benzene rings is 1. The molecular weight excluding hydrogens is 382 g/mol. The summed E-state index contributed by atoms with van der Waals surface area (Å²) in [4.78, 5) is 36.9. The molecule has 30 heavy (non-hydrogen) atoms. The number of nitrogens with zero attached hydrogens (tertiary/aromatic N) is 2. The number of nitrogens with one attached hydrogen (secondary N) is 3. The highest BCUT2D eigenvalue weighted by atomic mass is 16.2. The summed E-state index contributed by atoms with van der Waals surface area (Å²) in [6.07, 6.45) is 5.70. The largest absolute Gasteiger partial charge is 0.383 e. The van der Waals surface area contributed by atoms with E-state index in [1.807, 2.05) is 18.2 Å². The summed E-state index contributed by atoms with van der Waals surface area (Å²) in [5, 5.41) is 9.38. The van der Waals surface area contributed by atoms with Gasteiger partial charge in [-0.3, -0.25) is 24.0 Å². The number of fused-ring (bicyclic) bond motifs is 1. The summed E-state index contributed by atoms with van der Waals surface area (Å²) in [5.74, 6) is -0.0209. The standard InChI is InChI=1S/C22H29N5O3/c1-26-19-15(24-13-14-11-22(12-14)7-9-23-10-8-22)3-2-4-16(19)27(21(26)30)17-5-6-18(28)25-20(17)29/h2-4,14,17,23-24H,5-13H2,1H3,(H,25,28,29). The van der Waals surface area contributed by atoms with Crippen LogP contribution in [0.1, 0.15) is 44.6 Å². The van der Waals surface area contributed by atoms with Gasteiger partial charge in [-0.05, 0) is 68.7 Å². The van der Waals surface area contributed by atoms with Gasteiger partial charge in [-0.15, -0.1) is 0 Å². The molecule has 8 heteroatoms. The van der Waals surface area contributed by atoms with Crippen LogP contribution < -0.4 is 21.6 Å². The molecule has 8 nitrogen and oxygen atoms in total. The molecule has 3 aliphatic rings. The summed E-state index contributed by atoms with van der Waals surface area (Å²) < 4.78 is 3.14. The maximum Gasteiger partial charge on any atom is 0.329 e. The highest BCUT2D eigenvalue weighted by molar-refractivity contribution is 6.00. The quantitative estimate of drug-likeness (QED) is 0.663. The minimum Gasteiger partial charge on any atom is -0.383 e. The fourth-order valence-corrected chi connectivity index (χ4v) is 5.74. The number of anilines is 1. The van der Waals surface area contributed by atoms with Gasteiger partial charge in [0.25, 0.3) is 0 Å². The number of hydrogen-bond donors (Lipinski definition) is 3. The number of aromatic nitrogens is 2. The average molecular weight is 412 g/mol. The summed E-state index contributed by atoms with van der Waals surface area (Å²) in [7, 11) is 1.74. The van der Waals surface area contributed by atoms with Crippen molar-refractivity contribution in [2.75, 3.05) is 25.0 Å². The lowest BCUT2D eigenvalue weighted by Crippen LogP contribution is -2.47. The molecule has 5 rings (SSSR count). The minimum absolute atomic E-state index is 0.231. The average Bonchev–Trinajstić information content (AvgIpc) is 2.97. The third-order valence-electron chi connectivity index (χ3n) is 7.31. The smallest absolute Gasteiger partial charge is 0.329 e. The Morgan fingerprint density at radius 2 is 1.93 bits per heavy atom. The molecular formula is C22H29N5O3. The number of carbonyl (C=O) groups excluding carboxylic acids is 2. The summed E-state index contributed by atoms with van der Waals surface area (Å²) in [6.45, 7) is 3.16. The lowest BCUT2D eigenvalue weighted by atomic mass is 9.58. The maximum absolute atomic E-state index is 13.0. The molecule has 160 valence electrons. The van der Waals surface area contributed by atoms with Crippen molar-refractivity contribution in [3.63, 3.8) is 0 Å². The van der Waals surface area contributed by atoms with Crippen LogP contribution >= 0.6 is 0 Å². The molecule has 3 heterocycles. The van der Waals surface area contributed by atoms with E-state index >= 15 is 0 Å². The van der Waals surface area contributed by atoms with E-state index in [1.54, 1.807) is 11.6 Å². The Bertz CT molecular complexity index is 1050. The Morgan fingerprint density at radius 1 is 1.17 bits per heavy atom. The van der Waals surface area contributed by atoms with Crippen molar-refractivity contribution >= 4 is 28.5 Å². The first-order chi connectivity index (χ1) is 14.5. The van der Waals surface area contributed by atoms with Crippen LogP contribution in [0.3, 0.4) is 0 Å². The van der Waals surface area contributed by atoms with Gasteiger partial charge in [-0.25, -0.2) is 4.79 Å². The van der Waals surface area contributed by atoms with Crippen LogP contribution in [0, 0.1) is 11.3 Å². The van der Waals surface area contributed by atoms with Gasteiger partial charge in [-0.1, -0.05) is 6.07 Å². The van der Waals surface area contributed by atoms with Crippen molar-refractivity contribution in [3.8, 4) is 0 Å². The van der Waals surface area contributed by atoms with E-state index in [4.69, 9.17) is 0 Å². The molecule has 0 radical (unpaired) electrons. The van der Waals surface area contributed by atoms with Crippen molar-refractivity contribution in [3.05, 3.63) is 28.7 Å². The summed E-state index contributed by atoms with van der Waals surface area (Å²) >= 11 is 0. The Morgan fingerprint density at radius 3 is 2.67 bits per heavy atom. The zero-order chi connectivity index (χ0) is 20.9. The van der Waals surface area contributed by atoms with Gasteiger partial charge in [0.05, 0.1) is 16.7 Å². The number of rotatable bonds is 4. The molecule has 2 aromatic rings. The Hall–Kier alpha value is -2.61. The van der Waals surface area contributed by atoms with E-state index in [-0.39, 0.29) is 18.0 Å². The highest BCUT2D eigenvalue weighted by Gasteiger charge is 2.44. The number of aryl methyl sites for hydroxylation is 1. The highest BCUT2D eigenvalue weighted by Crippen LogP contribution is 2.51. The lowest BCUT2D eigenvalue weighted by molar-refractivity contribution is -0.135. The second kappa shape index (κ2) is 7.27. The van der Waals surface area contributed by atoms with Crippen LogP contribution in [-0.4, -0.2) is 40.6 Å². The molecule has 1 aromatic carbocycles. The van der Waals surface area contributed by atoms with Crippen molar-refractivity contribution in [1.29, 1.82) is 0 Å². The number of carbonyl (C=O) groups is 2. The Kier molecular flexibility index (Phi) is 4.69. The van der Waals surface area contributed by atoms with Gasteiger partial charge in [-0.2, -0.15) is 0 Å². The summed E-state index contributed by atoms with van der Waals surface area (Å²) in [6, 6.07) is 5.14. The number of imidazole rings is 1. The molecule has 1 atom stereocenters. The van der Waals surface area contributed by atoms with Crippen LogP contribution in [0.25, 0.3) is 11.0 Å². The zero-order valence-corrected chi connectivity index (χ0v) is 17.4. The first-order valence-corrected chi connectivity index (χ1v) is 11.0. The molecule has 2 saturated heterocycles. The predicted molar refractivity (Wildman–Crippen MR) is 114 cm³/mol. The normalized spacial score (nSPS) is 24.1. The SMILES string of the molecule is Cn1c(=O)n(C2CCC(=O)NC2=O)c2cccc(NCC3CC4(CCNCC4)C3)c21. The second-order valence-corrected chi connectivity index (χ2v) is 9.26. The zero-order valence-electron chi connectivity index (χ0n) is 17.4. The minimum atomic E-state index is -0.652. The fraction of sp³-hybridized carbons (Fsp3) is 0.591. The van der Waals surface area contributed by atoms with Gasteiger partial charge in [0.2, 0.25) is 11.8 Å². The van der Waals surface area contributed by atoms with Crippen molar-refractivity contribution in [2.24, 2.45) is 18.4 Å². The molecule has 3 fully saturated rings. The van der Waals surface area contributed by atoms with E-state index in [1.165, 1.54) is 30.3 Å². The fourth-order valence-electron chi connectivity index (χ4n) is 5.74. The molecule has 2 amide bonds. The monoisotopic (exact) mass is 411 g/mol. The summed E-state index contributed by atoms with van der Waals surface area (Å²) in [5.41, 5.74) is 2.77. The molecule has 0 bridgehead atoms. The number of hydrogen-bond acceptors (Lipinski definition) is 5. The van der Waals surface area contributed by atoms with Gasteiger partial charge in [0.1, 0.15) is 6.04 Å². The van der Waals surface area contributed by atoms with Crippen LogP contribution in [-0.2, 0) is 16.6 Å². The topological polar surface area (TPSA) is 97.2 Å². The third kappa shape index (κ3) is 3.14. The molecule has 2 aliphatic heterocycles. The third-order valence-corrected chi connectivity index (χ3v) is 7.31. The van der Waals surface area contributed by atoms with Crippen LogP contribution in [0.2, 0.25) is 0 Å². The predicted octanol–water partition coefficient (Wildman–Crippen LogP) is 1.51. The number of para-hydroxylation sites is 1. The van der Waals surface area contributed by atoms with Crippen LogP contribution in [0.4, 0.5) is 5.69 Å². The number of amides is 2. The Labute approximate surface area is 175 Å². The van der Waals surface area contributed by atoms with Gasteiger partial charge in [0, 0.05) is 20.0 Å². The van der Waals surface area contributed by atoms with Crippen molar-refractivity contribution < 1.29 is 9.59 Å². The first kappa shape index (κ1) is 19.4. The van der Waals surface area contributed by atoms with Crippen LogP contribution in [0.15, 0.2) is 23.0 Å². The molecule has 1 aliphatic carbocycles. The van der Waals surface area contributed by atoms with Crippen molar-refractivity contribution in [1.82, 2.24) is 19.8 Å². The van der Waals surface area contributed by atoms with E-state index in [9.17, 15) is 14.4 Å². The molecule has 1 aromatic heterocycles. The Balaban J connectivity index is 1.37. The van der Waals surface area contributed by atoms with E-state index in [0.29, 0.717) is 17.8 Å². The molecule has 1 spiro atoms. The maximum atomic E-state index is 13.0. The van der Waals surface area contributed by atoms with E-state index in [2.05, 4.69) is 16.0 Å². The second-order valence-electron chi connectivity index (χ2n) is 9.26. The first-order valence-electron chi connectivity index (χ1n) is 11.0. The lowest BCUT2D eigenvalue weighted by Gasteiger charge is -2.50. The number of imide groups is 1.